The van der Waals surface area contributed by atoms with Crippen LogP contribution in [0.15, 0.2) is 18.2 Å². The molecule has 1 saturated carbocycles. The Balaban J connectivity index is 1.79. The second kappa shape index (κ2) is 7.98. The van der Waals surface area contributed by atoms with Crippen LogP contribution >= 0.6 is 0 Å². The molecule has 1 aliphatic rings. The zero-order valence-electron chi connectivity index (χ0n) is 12.2. The molecule has 1 aromatic carbocycles. The quantitative estimate of drug-likeness (QED) is 0.820. The Bertz CT molecular complexity index is 471. The molecule has 0 aromatic heterocycles. The molecule has 1 fully saturated rings. The predicted molar refractivity (Wildman–Crippen MR) is 79.4 cm³/mol. The highest BCUT2D eigenvalue weighted by molar-refractivity contribution is 5.77. The van der Waals surface area contributed by atoms with Crippen LogP contribution in [-0.4, -0.2) is 18.6 Å². The zero-order valence-corrected chi connectivity index (χ0v) is 12.2. The van der Waals surface area contributed by atoms with Gasteiger partial charge in [-0.15, -0.1) is 0 Å². The number of nitrogens with one attached hydrogen (secondary N) is 1. The minimum Gasteiger partial charge on any atom is -0.484 e. The summed E-state index contributed by atoms with van der Waals surface area (Å²) in [7, 11) is 0. The van der Waals surface area contributed by atoms with Gasteiger partial charge < -0.3 is 15.8 Å². The molecule has 116 valence electrons. The number of carbonyl (C=O) groups excluding carboxylic acids is 1. The minimum absolute atomic E-state index is 0.0854. The number of hydrogen-bond donors (Lipinski definition) is 2. The lowest BCUT2D eigenvalue weighted by atomic mass is 10.1. The molecule has 0 spiro atoms. The van der Waals surface area contributed by atoms with Crippen LogP contribution in [0.5, 0.6) is 5.75 Å². The van der Waals surface area contributed by atoms with E-state index in [1.54, 1.807) is 12.1 Å². The van der Waals surface area contributed by atoms with Gasteiger partial charge in [-0.1, -0.05) is 31.7 Å². The van der Waals surface area contributed by atoms with Crippen molar-refractivity contribution in [2.45, 2.75) is 51.1 Å². The van der Waals surface area contributed by atoms with Gasteiger partial charge in [0.25, 0.3) is 5.91 Å². The van der Waals surface area contributed by atoms with Crippen LogP contribution in [0, 0.1) is 5.82 Å². The van der Waals surface area contributed by atoms with E-state index in [0.717, 1.165) is 25.7 Å². The maximum atomic E-state index is 13.5. The summed E-state index contributed by atoms with van der Waals surface area (Å²) >= 11 is 0. The Kier molecular flexibility index (Phi) is 5.99. The normalized spacial score (nSPS) is 16.3. The molecule has 1 aromatic rings. The van der Waals surface area contributed by atoms with Gasteiger partial charge in [0, 0.05) is 24.2 Å². The number of nitrogens with two attached hydrogens (primary N) is 1. The Hall–Kier alpha value is -1.62. The van der Waals surface area contributed by atoms with Gasteiger partial charge >= 0.3 is 0 Å². The maximum Gasteiger partial charge on any atom is 0.258 e. The molecule has 1 aliphatic carbocycles. The Morgan fingerprint density at radius 3 is 2.62 bits per heavy atom. The average Bonchev–Trinajstić information content (AvgIpc) is 2.74. The highest BCUT2D eigenvalue weighted by atomic mass is 19.1. The minimum atomic E-state index is -0.404. The van der Waals surface area contributed by atoms with Crippen molar-refractivity contribution in [3.63, 3.8) is 0 Å². The van der Waals surface area contributed by atoms with Gasteiger partial charge in [-0.2, -0.15) is 0 Å². The van der Waals surface area contributed by atoms with E-state index in [4.69, 9.17) is 10.5 Å². The first kappa shape index (κ1) is 15.8. The van der Waals surface area contributed by atoms with Gasteiger partial charge in [0.15, 0.2) is 6.61 Å². The maximum absolute atomic E-state index is 13.5. The molecule has 0 heterocycles. The molecule has 0 saturated heterocycles. The molecule has 1 amide bonds. The largest absolute Gasteiger partial charge is 0.484 e. The molecule has 2 rings (SSSR count). The third-order valence-corrected chi connectivity index (χ3v) is 3.83. The van der Waals surface area contributed by atoms with Crippen molar-refractivity contribution in [3.8, 4) is 5.75 Å². The third kappa shape index (κ3) is 5.01. The smallest absolute Gasteiger partial charge is 0.258 e. The van der Waals surface area contributed by atoms with Gasteiger partial charge in [-0.25, -0.2) is 4.39 Å². The van der Waals surface area contributed by atoms with Crippen molar-refractivity contribution in [1.82, 2.24) is 5.32 Å². The summed E-state index contributed by atoms with van der Waals surface area (Å²) in [5, 5.41) is 2.99. The molecular formula is C16H23FN2O2. The SMILES string of the molecule is NCc1ccc(OCC(=O)NC2CCCCCC2)cc1F. The molecule has 0 radical (unpaired) electrons. The van der Waals surface area contributed by atoms with Crippen LogP contribution in [0.3, 0.4) is 0 Å². The molecular weight excluding hydrogens is 271 g/mol. The van der Waals surface area contributed by atoms with E-state index in [1.165, 1.54) is 18.9 Å². The van der Waals surface area contributed by atoms with Gasteiger partial charge in [0.2, 0.25) is 0 Å². The molecule has 4 nitrogen and oxygen atoms in total. The fourth-order valence-electron chi connectivity index (χ4n) is 2.63. The fourth-order valence-corrected chi connectivity index (χ4v) is 2.63. The first-order chi connectivity index (χ1) is 10.2. The topological polar surface area (TPSA) is 64.3 Å². The van der Waals surface area contributed by atoms with Crippen LogP contribution in [0.2, 0.25) is 0 Å². The zero-order chi connectivity index (χ0) is 15.1. The van der Waals surface area contributed by atoms with Crippen LogP contribution in [0.1, 0.15) is 44.1 Å². The van der Waals surface area contributed by atoms with E-state index in [0.29, 0.717) is 11.3 Å². The third-order valence-electron chi connectivity index (χ3n) is 3.83. The van der Waals surface area contributed by atoms with Crippen LogP contribution in [-0.2, 0) is 11.3 Å². The predicted octanol–water partition coefficient (Wildman–Crippen LogP) is 2.50. The van der Waals surface area contributed by atoms with Gasteiger partial charge in [0.1, 0.15) is 11.6 Å². The Morgan fingerprint density at radius 2 is 2.00 bits per heavy atom. The second-order valence-corrected chi connectivity index (χ2v) is 5.50. The van der Waals surface area contributed by atoms with Crippen molar-refractivity contribution in [1.29, 1.82) is 0 Å². The number of ether oxygens (including phenoxy) is 1. The van der Waals surface area contributed by atoms with Crippen molar-refractivity contribution in [2.24, 2.45) is 5.73 Å². The number of hydrogen-bond acceptors (Lipinski definition) is 3. The van der Waals surface area contributed by atoms with Gasteiger partial charge in [0.05, 0.1) is 0 Å². The Morgan fingerprint density at radius 1 is 1.29 bits per heavy atom. The summed E-state index contributed by atoms with van der Waals surface area (Å²) < 4.78 is 18.9. The number of rotatable bonds is 5. The van der Waals surface area contributed by atoms with Gasteiger partial charge in [-0.3, -0.25) is 4.79 Å². The van der Waals surface area contributed by atoms with E-state index in [-0.39, 0.29) is 25.1 Å². The number of benzene rings is 1. The molecule has 0 unspecified atom stereocenters. The number of carbonyl (C=O) groups is 1. The summed E-state index contributed by atoms with van der Waals surface area (Å²) in [6.07, 6.45) is 6.89. The van der Waals surface area contributed by atoms with Crippen LogP contribution in [0.4, 0.5) is 4.39 Å². The van der Waals surface area contributed by atoms with Crippen molar-refractivity contribution in [2.75, 3.05) is 6.61 Å². The van der Waals surface area contributed by atoms with Crippen LogP contribution in [0.25, 0.3) is 0 Å². The van der Waals surface area contributed by atoms with Crippen molar-refractivity contribution in [3.05, 3.63) is 29.6 Å². The highest BCUT2D eigenvalue weighted by Crippen LogP contribution is 2.18. The monoisotopic (exact) mass is 294 g/mol. The van der Waals surface area contributed by atoms with Crippen LogP contribution < -0.4 is 15.8 Å². The van der Waals surface area contributed by atoms with E-state index in [9.17, 15) is 9.18 Å². The lowest BCUT2D eigenvalue weighted by Gasteiger charge is -2.16. The molecule has 5 heteroatoms. The highest BCUT2D eigenvalue weighted by Gasteiger charge is 2.15. The lowest BCUT2D eigenvalue weighted by molar-refractivity contribution is -0.123. The summed E-state index contributed by atoms with van der Waals surface area (Å²) in [4.78, 5) is 11.9. The standard InChI is InChI=1S/C16H23FN2O2/c17-15-9-14(8-7-12(15)10-18)21-11-16(20)19-13-5-3-1-2-4-6-13/h7-9,13H,1-6,10-11,18H2,(H,19,20). The fraction of sp³-hybridized carbons (Fsp3) is 0.562. The lowest BCUT2D eigenvalue weighted by Crippen LogP contribution is -2.37. The van der Waals surface area contributed by atoms with E-state index >= 15 is 0 Å². The van der Waals surface area contributed by atoms with Crippen molar-refractivity contribution < 1.29 is 13.9 Å². The van der Waals surface area contributed by atoms with E-state index < -0.39 is 5.82 Å². The van der Waals surface area contributed by atoms with E-state index in [2.05, 4.69) is 5.32 Å². The molecule has 0 bridgehead atoms. The first-order valence-corrected chi connectivity index (χ1v) is 7.59. The average molecular weight is 294 g/mol. The second-order valence-electron chi connectivity index (χ2n) is 5.50. The van der Waals surface area contributed by atoms with Crippen molar-refractivity contribution >= 4 is 5.91 Å². The number of amides is 1. The molecule has 21 heavy (non-hydrogen) atoms. The molecule has 0 aliphatic heterocycles. The summed E-state index contributed by atoms with van der Waals surface area (Å²) in [6.45, 7) is 0.0617. The van der Waals surface area contributed by atoms with E-state index in [1.807, 2.05) is 0 Å². The summed E-state index contributed by atoms with van der Waals surface area (Å²) in [6, 6.07) is 4.72. The van der Waals surface area contributed by atoms with Gasteiger partial charge in [-0.05, 0) is 18.9 Å². The number of halogens is 1. The summed E-state index contributed by atoms with van der Waals surface area (Å²) in [5.41, 5.74) is 5.83. The Labute approximate surface area is 124 Å². The summed E-state index contributed by atoms with van der Waals surface area (Å²) in [5.74, 6) is -0.204. The molecule has 0 atom stereocenters. The first-order valence-electron chi connectivity index (χ1n) is 7.59. The molecule has 3 N–H and O–H groups in total.